The van der Waals surface area contributed by atoms with E-state index in [-0.39, 0.29) is 18.0 Å². The maximum absolute atomic E-state index is 13.0. The first-order valence-corrected chi connectivity index (χ1v) is 6.70. The van der Waals surface area contributed by atoms with E-state index in [2.05, 4.69) is 10.6 Å². The maximum Gasteiger partial charge on any atom is 0.416 e. The second kappa shape index (κ2) is 6.33. The highest BCUT2D eigenvalue weighted by molar-refractivity contribution is 5.88. The molecule has 2 amide bonds. The Morgan fingerprint density at radius 3 is 2.73 bits per heavy atom. The Balaban J connectivity index is 2.05. The van der Waals surface area contributed by atoms with Crippen LogP contribution in [0.25, 0.3) is 0 Å². The van der Waals surface area contributed by atoms with Crippen molar-refractivity contribution in [3.05, 3.63) is 35.1 Å². The van der Waals surface area contributed by atoms with Crippen LogP contribution in [0.1, 0.15) is 30.4 Å². The lowest BCUT2D eigenvalue weighted by molar-refractivity contribution is -0.138. The lowest BCUT2D eigenvalue weighted by Crippen LogP contribution is -2.48. The zero-order valence-electron chi connectivity index (χ0n) is 11.5. The molecule has 1 atom stereocenters. The van der Waals surface area contributed by atoms with E-state index in [1.807, 2.05) is 0 Å². The maximum atomic E-state index is 13.0. The number of nitrogens with one attached hydrogen (secondary N) is 2. The van der Waals surface area contributed by atoms with Crippen molar-refractivity contribution in [2.45, 2.75) is 38.0 Å². The highest BCUT2D eigenvalue weighted by atomic mass is 19.4. The first-order valence-electron chi connectivity index (χ1n) is 6.70. The predicted octanol–water partition coefficient (Wildman–Crippen LogP) is 2.13. The number of hydrogen-bond donors (Lipinski definition) is 2. The van der Waals surface area contributed by atoms with Crippen LogP contribution in [0.5, 0.6) is 0 Å². The van der Waals surface area contributed by atoms with Gasteiger partial charge in [0.25, 0.3) is 0 Å². The zero-order valence-corrected chi connectivity index (χ0v) is 11.5. The van der Waals surface area contributed by atoms with E-state index in [0.29, 0.717) is 25.3 Å². The number of piperidine rings is 1. The lowest BCUT2D eigenvalue weighted by atomic mass is 10.0. The quantitative estimate of drug-likeness (QED) is 0.839. The summed E-state index contributed by atoms with van der Waals surface area (Å²) in [6.07, 6.45) is -3.39. The van der Waals surface area contributed by atoms with Crippen LogP contribution in [0.15, 0.2) is 18.2 Å². The molecule has 0 aliphatic carbocycles. The van der Waals surface area contributed by atoms with Gasteiger partial charge in [0.2, 0.25) is 11.8 Å². The summed E-state index contributed by atoms with van der Waals surface area (Å²) >= 11 is 0. The van der Waals surface area contributed by atoms with Gasteiger partial charge in [-0.2, -0.15) is 13.2 Å². The van der Waals surface area contributed by atoms with Crippen molar-refractivity contribution in [1.82, 2.24) is 10.6 Å². The Kier molecular flexibility index (Phi) is 4.68. The highest BCUT2D eigenvalue weighted by Crippen LogP contribution is 2.32. The molecular formula is C14H14F4N2O2. The summed E-state index contributed by atoms with van der Waals surface area (Å²) < 4.78 is 51.4. The fourth-order valence-corrected chi connectivity index (χ4v) is 2.27. The summed E-state index contributed by atoms with van der Waals surface area (Å²) in [6.45, 7) is -0.389. The number of carbonyl (C=O) groups is 2. The van der Waals surface area contributed by atoms with Crippen molar-refractivity contribution in [1.29, 1.82) is 0 Å². The third kappa shape index (κ3) is 3.96. The van der Waals surface area contributed by atoms with Gasteiger partial charge >= 0.3 is 6.18 Å². The zero-order chi connectivity index (χ0) is 16.3. The number of amides is 2. The first kappa shape index (κ1) is 16.3. The molecule has 8 heteroatoms. The van der Waals surface area contributed by atoms with Gasteiger partial charge in [0, 0.05) is 13.0 Å². The van der Waals surface area contributed by atoms with Gasteiger partial charge in [-0.1, -0.05) is 6.07 Å². The minimum absolute atomic E-state index is 0.232. The molecule has 2 rings (SSSR count). The number of halogens is 4. The SMILES string of the molecule is O=C1CCC[C@H](C(=O)NCc2ccc(F)cc2C(F)(F)F)N1. The minimum atomic E-state index is -4.71. The summed E-state index contributed by atoms with van der Waals surface area (Å²) in [7, 11) is 0. The van der Waals surface area contributed by atoms with Gasteiger partial charge in [-0.15, -0.1) is 0 Å². The summed E-state index contributed by atoms with van der Waals surface area (Å²) in [6, 6.07) is 1.54. The number of alkyl halides is 3. The van der Waals surface area contributed by atoms with Gasteiger partial charge in [-0.25, -0.2) is 4.39 Å². The van der Waals surface area contributed by atoms with E-state index in [1.165, 1.54) is 0 Å². The molecule has 1 aromatic rings. The second-order valence-corrected chi connectivity index (χ2v) is 5.03. The summed E-state index contributed by atoms with van der Waals surface area (Å²) in [4.78, 5) is 23.1. The van der Waals surface area contributed by atoms with E-state index in [9.17, 15) is 27.2 Å². The average molecular weight is 318 g/mol. The minimum Gasteiger partial charge on any atom is -0.350 e. The molecule has 0 saturated carbocycles. The molecule has 1 fully saturated rings. The number of hydrogen-bond acceptors (Lipinski definition) is 2. The smallest absolute Gasteiger partial charge is 0.350 e. The Bertz CT molecular complexity index is 587. The molecule has 120 valence electrons. The van der Waals surface area contributed by atoms with Gasteiger partial charge in [0.05, 0.1) is 5.56 Å². The van der Waals surface area contributed by atoms with Crippen molar-refractivity contribution < 1.29 is 27.2 Å². The average Bonchev–Trinajstić information content (AvgIpc) is 2.44. The molecule has 0 radical (unpaired) electrons. The van der Waals surface area contributed by atoms with Gasteiger partial charge < -0.3 is 10.6 Å². The van der Waals surface area contributed by atoms with E-state index in [0.717, 1.165) is 12.1 Å². The van der Waals surface area contributed by atoms with Gasteiger partial charge in [-0.05, 0) is 30.5 Å². The van der Waals surface area contributed by atoms with Crippen LogP contribution in [-0.2, 0) is 22.3 Å². The molecule has 2 N–H and O–H groups in total. The number of carbonyl (C=O) groups excluding carboxylic acids is 2. The standard InChI is InChI=1S/C14H14F4N2O2/c15-9-5-4-8(10(6-9)14(16,17)18)7-19-13(22)11-2-1-3-12(21)20-11/h4-6,11H,1-3,7H2,(H,19,22)(H,20,21)/t11-/m1/s1. The van der Waals surface area contributed by atoms with Crippen molar-refractivity contribution in [2.24, 2.45) is 0 Å². The molecule has 0 aromatic heterocycles. The van der Waals surface area contributed by atoms with E-state index in [4.69, 9.17) is 0 Å². The molecular weight excluding hydrogens is 304 g/mol. The third-order valence-electron chi connectivity index (χ3n) is 3.38. The van der Waals surface area contributed by atoms with Crippen LogP contribution in [0.3, 0.4) is 0 Å². The Hall–Kier alpha value is -2.12. The molecule has 1 saturated heterocycles. The lowest BCUT2D eigenvalue weighted by Gasteiger charge is -2.22. The molecule has 0 bridgehead atoms. The summed E-state index contributed by atoms with van der Waals surface area (Å²) in [5.74, 6) is -1.81. The van der Waals surface area contributed by atoms with E-state index >= 15 is 0 Å². The van der Waals surface area contributed by atoms with Crippen LogP contribution in [0.4, 0.5) is 17.6 Å². The Morgan fingerprint density at radius 1 is 1.36 bits per heavy atom. The van der Waals surface area contributed by atoms with Crippen LogP contribution >= 0.6 is 0 Å². The summed E-state index contributed by atoms with van der Waals surface area (Å²) in [5.41, 5.74) is -1.36. The first-order chi connectivity index (χ1) is 10.3. The molecule has 1 heterocycles. The van der Waals surface area contributed by atoms with Crippen LogP contribution in [0.2, 0.25) is 0 Å². The van der Waals surface area contributed by atoms with Crippen molar-refractivity contribution >= 4 is 11.8 Å². The molecule has 4 nitrogen and oxygen atoms in total. The van der Waals surface area contributed by atoms with Gasteiger partial charge in [0.15, 0.2) is 0 Å². The topological polar surface area (TPSA) is 58.2 Å². The number of rotatable bonds is 3. The van der Waals surface area contributed by atoms with Crippen LogP contribution < -0.4 is 10.6 Å². The fourth-order valence-electron chi connectivity index (χ4n) is 2.27. The van der Waals surface area contributed by atoms with Crippen LogP contribution in [-0.4, -0.2) is 17.9 Å². The van der Waals surface area contributed by atoms with Crippen molar-refractivity contribution in [3.8, 4) is 0 Å². The van der Waals surface area contributed by atoms with Crippen molar-refractivity contribution in [2.75, 3.05) is 0 Å². The molecule has 0 unspecified atom stereocenters. The molecule has 0 spiro atoms. The molecule has 22 heavy (non-hydrogen) atoms. The molecule has 1 aromatic carbocycles. The van der Waals surface area contributed by atoms with E-state index < -0.39 is 29.5 Å². The van der Waals surface area contributed by atoms with Gasteiger partial charge in [0.1, 0.15) is 11.9 Å². The predicted molar refractivity (Wildman–Crippen MR) is 69.0 cm³/mol. The van der Waals surface area contributed by atoms with Crippen LogP contribution in [0, 0.1) is 5.82 Å². The second-order valence-electron chi connectivity index (χ2n) is 5.03. The Labute approximate surface area is 123 Å². The molecule has 1 aliphatic rings. The van der Waals surface area contributed by atoms with Crippen molar-refractivity contribution in [3.63, 3.8) is 0 Å². The molecule has 1 aliphatic heterocycles. The van der Waals surface area contributed by atoms with E-state index in [1.54, 1.807) is 0 Å². The van der Waals surface area contributed by atoms with Gasteiger partial charge in [-0.3, -0.25) is 9.59 Å². The monoisotopic (exact) mass is 318 g/mol. The third-order valence-corrected chi connectivity index (χ3v) is 3.38. The number of benzene rings is 1. The summed E-state index contributed by atoms with van der Waals surface area (Å²) in [5, 5.41) is 4.82. The highest BCUT2D eigenvalue weighted by Gasteiger charge is 2.34. The normalized spacial score (nSPS) is 18.7. The fraction of sp³-hybridized carbons (Fsp3) is 0.429. The Morgan fingerprint density at radius 2 is 2.09 bits per heavy atom. The largest absolute Gasteiger partial charge is 0.416 e.